The Balaban J connectivity index is 1.48. The molecule has 3 aromatic heterocycles. The molecule has 0 radical (unpaired) electrons. The highest BCUT2D eigenvalue weighted by atomic mass is 32.2. The molecular weight excluding hydrogens is 362 g/mol. The SMILES string of the molecule is CSc1nccn1-c1ccc(C(=O)Nc2n[nH]c(-c3ccccn3)n2)cc1. The molecule has 0 atom stereocenters. The number of anilines is 1. The van der Waals surface area contributed by atoms with Crippen LogP contribution in [-0.2, 0) is 0 Å². The van der Waals surface area contributed by atoms with Crippen LogP contribution < -0.4 is 5.32 Å². The van der Waals surface area contributed by atoms with Crippen LogP contribution in [-0.4, -0.2) is 41.9 Å². The average Bonchev–Trinajstić information content (AvgIpc) is 3.38. The molecule has 2 N–H and O–H groups in total. The maximum Gasteiger partial charge on any atom is 0.258 e. The van der Waals surface area contributed by atoms with E-state index in [4.69, 9.17) is 0 Å². The van der Waals surface area contributed by atoms with Crippen molar-refractivity contribution in [3.8, 4) is 17.2 Å². The predicted molar refractivity (Wildman–Crippen MR) is 103 cm³/mol. The highest BCUT2D eigenvalue weighted by Crippen LogP contribution is 2.19. The van der Waals surface area contributed by atoms with Crippen LogP contribution in [0.4, 0.5) is 5.95 Å². The quantitative estimate of drug-likeness (QED) is 0.519. The monoisotopic (exact) mass is 377 g/mol. The zero-order chi connectivity index (χ0) is 18.6. The minimum absolute atomic E-state index is 0.198. The zero-order valence-electron chi connectivity index (χ0n) is 14.3. The van der Waals surface area contributed by atoms with Crippen LogP contribution in [0.3, 0.4) is 0 Å². The Bertz CT molecular complexity index is 1060. The van der Waals surface area contributed by atoms with Gasteiger partial charge in [-0.25, -0.2) is 4.98 Å². The lowest BCUT2D eigenvalue weighted by molar-refractivity contribution is 0.102. The lowest BCUT2D eigenvalue weighted by atomic mass is 10.2. The van der Waals surface area contributed by atoms with Crippen molar-refractivity contribution in [1.29, 1.82) is 0 Å². The molecule has 0 aliphatic carbocycles. The van der Waals surface area contributed by atoms with Gasteiger partial charge >= 0.3 is 0 Å². The minimum Gasteiger partial charge on any atom is -0.295 e. The van der Waals surface area contributed by atoms with E-state index in [-0.39, 0.29) is 11.9 Å². The summed E-state index contributed by atoms with van der Waals surface area (Å²) in [7, 11) is 0. The van der Waals surface area contributed by atoms with Crippen LogP contribution in [0.2, 0.25) is 0 Å². The van der Waals surface area contributed by atoms with Gasteiger partial charge in [-0.2, -0.15) is 4.98 Å². The number of thioether (sulfide) groups is 1. The number of rotatable bonds is 5. The van der Waals surface area contributed by atoms with E-state index in [0.717, 1.165) is 10.8 Å². The Morgan fingerprint density at radius 2 is 1.96 bits per heavy atom. The summed E-state index contributed by atoms with van der Waals surface area (Å²) in [6.07, 6.45) is 7.26. The fourth-order valence-corrected chi connectivity index (χ4v) is 3.05. The van der Waals surface area contributed by atoms with Gasteiger partial charge in [0.1, 0.15) is 5.69 Å². The zero-order valence-corrected chi connectivity index (χ0v) is 15.1. The van der Waals surface area contributed by atoms with Gasteiger partial charge < -0.3 is 0 Å². The lowest BCUT2D eigenvalue weighted by Gasteiger charge is -2.07. The third kappa shape index (κ3) is 3.58. The van der Waals surface area contributed by atoms with Crippen molar-refractivity contribution in [3.05, 3.63) is 66.6 Å². The van der Waals surface area contributed by atoms with E-state index in [1.165, 1.54) is 0 Å². The van der Waals surface area contributed by atoms with Crippen molar-refractivity contribution >= 4 is 23.6 Å². The Hall–Kier alpha value is -3.46. The Kier molecular flexibility index (Phi) is 4.67. The summed E-state index contributed by atoms with van der Waals surface area (Å²) in [6, 6.07) is 12.7. The number of aromatic amines is 1. The molecule has 27 heavy (non-hydrogen) atoms. The van der Waals surface area contributed by atoms with Gasteiger partial charge in [0.2, 0.25) is 5.95 Å². The Morgan fingerprint density at radius 1 is 1.11 bits per heavy atom. The van der Waals surface area contributed by atoms with Gasteiger partial charge in [-0.1, -0.05) is 17.8 Å². The summed E-state index contributed by atoms with van der Waals surface area (Å²) in [4.78, 5) is 25.2. The molecule has 0 bridgehead atoms. The second kappa shape index (κ2) is 7.42. The number of aromatic nitrogens is 6. The van der Waals surface area contributed by atoms with Crippen LogP contribution in [0.5, 0.6) is 0 Å². The number of benzene rings is 1. The molecule has 1 amide bonds. The highest BCUT2D eigenvalue weighted by Gasteiger charge is 2.12. The van der Waals surface area contributed by atoms with E-state index in [9.17, 15) is 4.79 Å². The number of H-pyrrole nitrogens is 1. The Labute approximate surface area is 159 Å². The normalized spacial score (nSPS) is 10.7. The number of nitrogens with one attached hydrogen (secondary N) is 2. The van der Waals surface area contributed by atoms with Gasteiger partial charge in [0.05, 0.1) is 0 Å². The number of carbonyl (C=O) groups excluding carboxylic acids is 1. The van der Waals surface area contributed by atoms with Crippen molar-refractivity contribution < 1.29 is 4.79 Å². The average molecular weight is 377 g/mol. The van der Waals surface area contributed by atoms with Gasteiger partial charge in [0, 0.05) is 29.8 Å². The van der Waals surface area contributed by atoms with Crippen LogP contribution in [0.15, 0.2) is 66.2 Å². The van der Waals surface area contributed by atoms with Gasteiger partial charge in [0.25, 0.3) is 5.91 Å². The van der Waals surface area contributed by atoms with Crippen molar-refractivity contribution in [3.63, 3.8) is 0 Å². The number of hydrogen-bond donors (Lipinski definition) is 2. The number of pyridine rings is 1. The molecule has 0 aliphatic heterocycles. The number of nitrogens with zero attached hydrogens (tertiary/aromatic N) is 5. The molecule has 0 unspecified atom stereocenters. The molecule has 1 aromatic carbocycles. The first-order valence-corrected chi connectivity index (χ1v) is 9.30. The van der Waals surface area contributed by atoms with E-state index >= 15 is 0 Å². The fourth-order valence-electron chi connectivity index (χ4n) is 2.52. The van der Waals surface area contributed by atoms with Crippen LogP contribution in [0, 0.1) is 0 Å². The third-order valence-corrected chi connectivity index (χ3v) is 4.48. The van der Waals surface area contributed by atoms with Crippen molar-refractivity contribution in [2.24, 2.45) is 0 Å². The first kappa shape index (κ1) is 17.0. The number of amides is 1. The first-order chi connectivity index (χ1) is 13.2. The minimum atomic E-state index is -0.288. The summed E-state index contributed by atoms with van der Waals surface area (Å²) < 4.78 is 1.96. The van der Waals surface area contributed by atoms with Crippen LogP contribution in [0.1, 0.15) is 10.4 Å². The molecule has 134 valence electrons. The molecule has 4 aromatic rings. The molecule has 0 fully saturated rings. The van der Waals surface area contributed by atoms with Crippen LogP contribution >= 0.6 is 11.8 Å². The highest BCUT2D eigenvalue weighted by molar-refractivity contribution is 7.98. The van der Waals surface area contributed by atoms with Crippen molar-refractivity contribution in [2.45, 2.75) is 5.16 Å². The van der Waals surface area contributed by atoms with Gasteiger partial charge in [-0.3, -0.25) is 24.8 Å². The second-order valence-electron chi connectivity index (χ2n) is 5.51. The standard InChI is InChI=1S/C18H15N7OS/c1-27-18-20-10-11-25(18)13-7-5-12(6-8-13)16(26)22-17-21-15(23-24-17)14-4-2-3-9-19-14/h2-11H,1H3,(H2,21,22,23,24,26). The Morgan fingerprint density at radius 3 is 2.70 bits per heavy atom. The number of hydrogen-bond acceptors (Lipinski definition) is 6. The van der Waals surface area contributed by atoms with E-state index in [2.05, 4.69) is 30.5 Å². The lowest BCUT2D eigenvalue weighted by Crippen LogP contribution is -2.13. The molecule has 0 aliphatic rings. The fraction of sp³-hybridized carbons (Fsp3) is 0.0556. The van der Waals surface area contributed by atoms with Gasteiger partial charge in [-0.05, 0) is 42.7 Å². The molecule has 0 spiro atoms. The van der Waals surface area contributed by atoms with Gasteiger partial charge in [-0.15, -0.1) is 5.10 Å². The summed E-state index contributed by atoms with van der Waals surface area (Å²) in [5, 5.41) is 10.3. The van der Waals surface area contributed by atoms with Crippen LogP contribution in [0.25, 0.3) is 17.2 Å². The molecule has 4 rings (SSSR count). The van der Waals surface area contributed by atoms with E-state index in [1.54, 1.807) is 36.3 Å². The maximum absolute atomic E-state index is 12.4. The number of carbonyl (C=O) groups is 1. The summed E-state index contributed by atoms with van der Waals surface area (Å²) in [5.41, 5.74) is 2.09. The summed E-state index contributed by atoms with van der Waals surface area (Å²) in [6.45, 7) is 0. The molecule has 0 saturated heterocycles. The first-order valence-electron chi connectivity index (χ1n) is 8.07. The smallest absolute Gasteiger partial charge is 0.258 e. The van der Waals surface area contributed by atoms with E-state index in [1.807, 2.05) is 47.4 Å². The summed E-state index contributed by atoms with van der Waals surface area (Å²) in [5.74, 6) is 0.402. The largest absolute Gasteiger partial charge is 0.295 e. The maximum atomic E-state index is 12.4. The van der Waals surface area contributed by atoms with E-state index < -0.39 is 0 Å². The second-order valence-corrected chi connectivity index (χ2v) is 6.28. The topological polar surface area (TPSA) is 101 Å². The molecular formula is C18H15N7OS. The third-order valence-electron chi connectivity index (χ3n) is 3.82. The van der Waals surface area contributed by atoms with Crippen molar-refractivity contribution in [2.75, 3.05) is 11.6 Å². The molecule has 3 heterocycles. The van der Waals surface area contributed by atoms with E-state index in [0.29, 0.717) is 17.1 Å². The summed E-state index contributed by atoms with van der Waals surface area (Å²) >= 11 is 1.56. The van der Waals surface area contributed by atoms with Gasteiger partial charge in [0.15, 0.2) is 11.0 Å². The predicted octanol–water partition coefficient (Wildman–Crippen LogP) is 3.03. The molecule has 0 saturated carbocycles. The van der Waals surface area contributed by atoms with Crippen molar-refractivity contribution in [1.82, 2.24) is 29.7 Å². The molecule has 9 heteroatoms. The number of imidazole rings is 1. The molecule has 8 nitrogen and oxygen atoms in total.